The Hall–Kier alpha value is -2.09. The summed E-state index contributed by atoms with van der Waals surface area (Å²) in [5.41, 5.74) is 0.761. The molecule has 0 radical (unpaired) electrons. The van der Waals surface area contributed by atoms with E-state index in [1.807, 2.05) is 0 Å². The van der Waals surface area contributed by atoms with E-state index in [-0.39, 0.29) is 23.6 Å². The van der Waals surface area contributed by atoms with Gasteiger partial charge in [0.15, 0.2) is 0 Å². The number of hydrogen-bond acceptors (Lipinski definition) is 5. The quantitative estimate of drug-likeness (QED) is 0.766. The number of hydrogen-bond donors (Lipinski definition) is 2. The number of nitrogens with one attached hydrogen (secondary N) is 1. The van der Waals surface area contributed by atoms with Gasteiger partial charge in [-0.2, -0.15) is 0 Å². The number of carbonyl (C=O) groups excluding carboxylic acids is 2. The van der Waals surface area contributed by atoms with Gasteiger partial charge in [0, 0.05) is 17.1 Å². The topological polar surface area (TPSA) is 99.6 Å². The molecule has 0 aliphatic carbocycles. The summed E-state index contributed by atoms with van der Waals surface area (Å²) in [5.74, 6) is -1.62. The Balaban J connectivity index is 1.66. The predicted octanol–water partition coefficient (Wildman–Crippen LogP) is 0.256. The molecule has 2 amide bonds. The van der Waals surface area contributed by atoms with Crippen molar-refractivity contribution in [3.63, 3.8) is 0 Å². The second-order valence-electron chi connectivity index (χ2n) is 6.18. The highest BCUT2D eigenvalue weighted by atomic mass is 32.2. The molecule has 2 aliphatic rings. The molecule has 1 aromatic heterocycles. The van der Waals surface area contributed by atoms with Crippen LogP contribution in [0.4, 0.5) is 0 Å². The largest absolute Gasteiger partial charge is 0.480 e. The Bertz CT molecular complexity index is 664. The van der Waals surface area contributed by atoms with E-state index in [1.165, 1.54) is 16.7 Å². The van der Waals surface area contributed by atoms with Crippen molar-refractivity contribution >= 4 is 29.5 Å². The van der Waals surface area contributed by atoms with Crippen molar-refractivity contribution in [3.05, 3.63) is 30.1 Å². The molecule has 8 heteroatoms. The van der Waals surface area contributed by atoms with Crippen LogP contribution < -0.4 is 5.32 Å². The van der Waals surface area contributed by atoms with E-state index < -0.39 is 22.8 Å². The van der Waals surface area contributed by atoms with Gasteiger partial charge in [-0.05, 0) is 25.5 Å². The van der Waals surface area contributed by atoms with Gasteiger partial charge in [-0.3, -0.25) is 14.6 Å². The minimum absolute atomic E-state index is 0.140. The highest BCUT2D eigenvalue weighted by Gasteiger charge is 2.64. The van der Waals surface area contributed by atoms with Crippen LogP contribution in [0.2, 0.25) is 0 Å². The first-order chi connectivity index (χ1) is 10.8. The molecule has 3 unspecified atom stereocenters. The van der Waals surface area contributed by atoms with Crippen LogP contribution >= 0.6 is 11.8 Å². The Morgan fingerprint density at radius 3 is 2.83 bits per heavy atom. The number of fused-ring (bicyclic) bond motifs is 1. The van der Waals surface area contributed by atoms with Crippen LogP contribution in [0.15, 0.2) is 24.5 Å². The number of β-lactam (4-membered cyclic amide) rings is 1. The van der Waals surface area contributed by atoms with Gasteiger partial charge in [-0.25, -0.2) is 4.79 Å². The number of amides is 2. The Morgan fingerprint density at radius 2 is 2.22 bits per heavy atom. The zero-order valence-electron chi connectivity index (χ0n) is 12.7. The first-order valence-electron chi connectivity index (χ1n) is 7.22. The maximum absolute atomic E-state index is 12.3. The lowest BCUT2D eigenvalue weighted by Gasteiger charge is -2.43. The highest BCUT2D eigenvalue weighted by molar-refractivity contribution is 8.01. The van der Waals surface area contributed by atoms with Gasteiger partial charge in [0.05, 0.1) is 6.42 Å². The van der Waals surface area contributed by atoms with Crippen molar-refractivity contribution < 1.29 is 19.5 Å². The average molecular weight is 335 g/mol. The van der Waals surface area contributed by atoms with Crippen LogP contribution in [-0.2, 0) is 20.8 Å². The van der Waals surface area contributed by atoms with Crippen molar-refractivity contribution in [3.8, 4) is 0 Å². The molecule has 23 heavy (non-hydrogen) atoms. The first-order valence-corrected chi connectivity index (χ1v) is 8.10. The molecule has 7 nitrogen and oxygen atoms in total. The third kappa shape index (κ3) is 2.67. The van der Waals surface area contributed by atoms with Crippen LogP contribution in [0.3, 0.4) is 0 Å². The Morgan fingerprint density at radius 1 is 1.48 bits per heavy atom. The number of pyridine rings is 1. The van der Waals surface area contributed by atoms with Crippen LogP contribution in [0, 0.1) is 0 Å². The summed E-state index contributed by atoms with van der Waals surface area (Å²) in [4.78, 5) is 41.1. The number of aliphatic carboxylic acids is 1. The molecule has 3 rings (SSSR count). The Kier molecular flexibility index (Phi) is 3.79. The fraction of sp³-hybridized carbons (Fsp3) is 0.467. The monoisotopic (exact) mass is 335 g/mol. The summed E-state index contributed by atoms with van der Waals surface area (Å²) in [6.45, 7) is 3.60. The number of carbonyl (C=O) groups is 3. The predicted molar refractivity (Wildman–Crippen MR) is 83.6 cm³/mol. The average Bonchev–Trinajstić information content (AvgIpc) is 2.74. The van der Waals surface area contributed by atoms with E-state index >= 15 is 0 Å². The van der Waals surface area contributed by atoms with Crippen molar-refractivity contribution in [2.75, 3.05) is 0 Å². The van der Waals surface area contributed by atoms with E-state index in [1.54, 1.807) is 38.4 Å². The highest BCUT2D eigenvalue weighted by Crippen LogP contribution is 2.50. The number of thioether (sulfide) groups is 1. The molecule has 3 atom stereocenters. The molecule has 0 saturated carbocycles. The van der Waals surface area contributed by atoms with Crippen LogP contribution in [-0.4, -0.2) is 55.0 Å². The number of carboxylic acids is 1. The number of nitrogens with zero attached hydrogens (tertiary/aromatic N) is 2. The number of carboxylic acid groups (broad SMARTS) is 1. The lowest BCUT2D eigenvalue weighted by atomic mass is 9.96. The summed E-state index contributed by atoms with van der Waals surface area (Å²) in [7, 11) is 0. The zero-order chi connectivity index (χ0) is 16.8. The van der Waals surface area contributed by atoms with E-state index in [0.29, 0.717) is 0 Å². The molecular formula is C15H17N3O4S. The molecule has 122 valence electrons. The molecular weight excluding hydrogens is 318 g/mol. The van der Waals surface area contributed by atoms with Gasteiger partial charge in [0.25, 0.3) is 0 Å². The second kappa shape index (κ2) is 5.52. The summed E-state index contributed by atoms with van der Waals surface area (Å²) in [6.07, 6.45) is 3.36. The second-order valence-corrected chi connectivity index (χ2v) is 7.95. The smallest absolute Gasteiger partial charge is 0.327 e. The van der Waals surface area contributed by atoms with Gasteiger partial charge in [0.1, 0.15) is 17.5 Å². The van der Waals surface area contributed by atoms with E-state index in [0.717, 1.165) is 5.56 Å². The molecule has 3 heterocycles. The van der Waals surface area contributed by atoms with Gasteiger partial charge in [0.2, 0.25) is 11.8 Å². The SMILES string of the molecule is CC1(C)SC2C(NC(=O)Cc3cccnc3)C(=O)N2C1C(=O)O. The van der Waals surface area contributed by atoms with E-state index in [4.69, 9.17) is 0 Å². The van der Waals surface area contributed by atoms with Gasteiger partial charge in [-0.15, -0.1) is 11.8 Å². The molecule has 2 saturated heterocycles. The number of rotatable bonds is 4. The van der Waals surface area contributed by atoms with Gasteiger partial charge >= 0.3 is 5.97 Å². The maximum Gasteiger partial charge on any atom is 0.327 e. The number of aromatic nitrogens is 1. The van der Waals surface area contributed by atoms with E-state index in [9.17, 15) is 19.5 Å². The summed E-state index contributed by atoms with van der Waals surface area (Å²) in [6, 6.07) is 2.00. The lowest BCUT2D eigenvalue weighted by molar-refractivity contribution is -0.161. The van der Waals surface area contributed by atoms with Crippen molar-refractivity contribution in [2.24, 2.45) is 0 Å². The van der Waals surface area contributed by atoms with Crippen molar-refractivity contribution in [1.29, 1.82) is 0 Å². The minimum atomic E-state index is -1.02. The van der Waals surface area contributed by atoms with Gasteiger partial charge < -0.3 is 15.3 Å². The summed E-state index contributed by atoms with van der Waals surface area (Å²) >= 11 is 1.41. The molecule has 1 aromatic rings. The summed E-state index contributed by atoms with van der Waals surface area (Å²) < 4.78 is -0.588. The first kappa shape index (κ1) is 15.8. The third-order valence-corrected chi connectivity index (χ3v) is 5.65. The van der Waals surface area contributed by atoms with Crippen LogP contribution in [0.1, 0.15) is 19.4 Å². The Labute approximate surface area is 137 Å². The van der Waals surface area contributed by atoms with Gasteiger partial charge in [-0.1, -0.05) is 6.07 Å². The molecule has 0 bridgehead atoms. The summed E-state index contributed by atoms with van der Waals surface area (Å²) in [5, 5.41) is 11.7. The standard InChI is InChI=1S/C15H17N3O4S/c1-15(2)11(14(21)22)18-12(20)10(13(18)23-15)17-9(19)6-8-4-3-5-16-7-8/h3-5,7,10-11,13H,6H2,1-2H3,(H,17,19)(H,21,22). The van der Waals surface area contributed by atoms with Crippen LogP contribution in [0.5, 0.6) is 0 Å². The fourth-order valence-electron chi connectivity index (χ4n) is 3.06. The fourth-order valence-corrected chi connectivity index (χ4v) is 4.68. The third-order valence-electron chi connectivity index (χ3n) is 4.08. The van der Waals surface area contributed by atoms with Crippen molar-refractivity contribution in [1.82, 2.24) is 15.2 Å². The molecule has 0 aromatic carbocycles. The molecule has 2 aliphatic heterocycles. The van der Waals surface area contributed by atoms with Crippen LogP contribution in [0.25, 0.3) is 0 Å². The minimum Gasteiger partial charge on any atom is -0.480 e. The molecule has 2 N–H and O–H groups in total. The van der Waals surface area contributed by atoms with E-state index in [2.05, 4.69) is 10.3 Å². The zero-order valence-corrected chi connectivity index (χ0v) is 13.5. The normalized spacial score (nSPS) is 28.0. The molecule has 2 fully saturated rings. The maximum atomic E-state index is 12.3. The lowest BCUT2D eigenvalue weighted by Crippen LogP contribution is -2.70. The van der Waals surface area contributed by atoms with Crippen molar-refractivity contribution in [2.45, 2.75) is 42.5 Å². The molecule has 0 spiro atoms.